The Kier molecular flexibility index (Phi) is 1.96. The molecule has 1 N–H and O–H groups in total. The smallest absolute Gasteiger partial charge is 0.171 e. The first-order chi connectivity index (χ1) is 6.57. The quantitative estimate of drug-likeness (QED) is 0.732. The number of carbonyl (C=O) groups excluding carboxylic acids is 1. The van der Waals surface area contributed by atoms with Gasteiger partial charge >= 0.3 is 0 Å². The van der Waals surface area contributed by atoms with Gasteiger partial charge in [0.25, 0.3) is 0 Å². The Morgan fingerprint density at radius 1 is 1.50 bits per heavy atom. The van der Waals surface area contributed by atoms with Crippen molar-refractivity contribution in [1.82, 2.24) is 0 Å². The predicted molar refractivity (Wildman–Crippen MR) is 54.4 cm³/mol. The number of ketones is 1. The zero-order valence-corrected chi connectivity index (χ0v) is 8.50. The van der Waals surface area contributed by atoms with E-state index < -0.39 is 5.41 Å². The van der Waals surface area contributed by atoms with Gasteiger partial charge < -0.3 is 5.11 Å². The summed E-state index contributed by atoms with van der Waals surface area (Å²) in [6.45, 7) is 3.73. The number of Topliss-reactive ketones (excluding diaryl/α,β-unsaturated/α-hetero) is 1. The third kappa shape index (κ3) is 1.18. The molecule has 1 aromatic carbocycles. The predicted octanol–water partition coefficient (Wildman–Crippen LogP) is 1.73. The summed E-state index contributed by atoms with van der Waals surface area (Å²) < 4.78 is 0. The van der Waals surface area contributed by atoms with Gasteiger partial charge in [0, 0.05) is 5.56 Å². The molecule has 1 aromatic rings. The van der Waals surface area contributed by atoms with Crippen molar-refractivity contribution in [2.45, 2.75) is 20.3 Å². The summed E-state index contributed by atoms with van der Waals surface area (Å²) in [6, 6.07) is 5.91. The Morgan fingerprint density at radius 2 is 2.21 bits per heavy atom. The van der Waals surface area contributed by atoms with Crippen molar-refractivity contribution >= 4 is 5.78 Å². The van der Waals surface area contributed by atoms with Crippen molar-refractivity contribution in [3.63, 3.8) is 0 Å². The van der Waals surface area contributed by atoms with Crippen molar-refractivity contribution in [3.05, 3.63) is 34.9 Å². The normalized spacial score (nSPS) is 25.2. The molecule has 0 aliphatic heterocycles. The van der Waals surface area contributed by atoms with Crippen molar-refractivity contribution < 1.29 is 9.90 Å². The van der Waals surface area contributed by atoms with E-state index in [0.717, 1.165) is 16.7 Å². The topological polar surface area (TPSA) is 37.3 Å². The Morgan fingerprint density at radius 3 is 2.86 bits per heavy atom. The molecule has 1 aliphatic rings. The second kappa shape index (κ2) is 2.92. The van der Waals surface area contributed by atoms with Crippen molar-refractivity contribution in [2.75, 3.05) is 6.61 Å². The lowest BCUT2D eigenvalue weighted by atomic mass is 9.87. The van der Waals surface area contributed by atoms with Gasteiger partial charge in [0.1, 0.15) is 0 Å². The molecular formula is C12H14O2. The van der Waals surface area contributed by atoms with Gasteiger partial charge in [-0.2, -0.15) is 0 Å². The molecule has 0 fully saturated rings. The van der Waals surface area contributed by atoms with E-state index in [9.17, 15) is 9.90 Å². The maximum atomic E-state index is 11.9. The molecule has 2 nitrogen and oxygen atoms in total. The summed E-state index contributed by atoms with van der Waals surface area (Å²) in [4.78, 5) is 11.9. The maximum absolute atomic E-state index is 11.9. The Hall–Kier alpha value is -1.15. The van der Waals surface area contributed by atoms with Gasteiger partial charge in [0.05, 0.1) is 12.0 Å². The molecule has 14 heavy (non-hydrogen) atoms. The van der Waals surface area contributed by atoms with Crippen LogP contribution in [0.25, 0.3) is 0 Å². The number of hydrogen-bond donors (Lipinski definition) is 1. The van der Waals surface area contributed by atoms with Crippen LogP contribution in [0.1, 0.15) is 28.4 Å². The molecule has 1 atom stereocenters. The largest absolute Gasteiger partial charge is 0.395 e. The molecule has 0 aromatic heterocycles. The van der Waals surface area contributed by atoms with Crippen LogP contribution in [0.2, 0.25) is 0 Å². The van der Waals surface area contributed by atoms with Gasteiger partial charge in [0.15, 0.2) is 5.78 Å². The number of hydrogen-bond acceptors (Lipinski definition) is 2. The fraction of sp³-hybridized carbons (Fsp3) is 0.417. The highest BCUT2D eigenvalue weighted by atomic mass is 16.3. The second-order valence-corrected chi connectivity index (χ2v) is 4.39. The van der Waals surface area contributed by atoms with Crippen molar-refractivity contribution in [1.29, 1.82) is 0 Å². The number of fused-ring (bicyclic) bond motifs is 1. The minimum absolute atomic E-state index is 0.0699. The zero-order chi connectivity index (χ0) is 10.3. The third-order valence-electron chi connectivity index (χ3n) is 2.99. The van der Waals surface area contributed by atoms with Gasteiger partial charge in [-0.1, -0.05) is 17.7 Å². The summed E-state index contributed by atoms with van der Waals surface area (Å²) in [5, 5.41) is 9.22. The minimum Gasteiger partial charge on any atom is -0.395 e. The van der Waals surface area contributed by atoms with E-state index in [2.05, 4.69) is 0 Å². The summed E-state index contributed by atoms with van der Waals surface area (Å²) in [6.07, 6.45) is 0.665. The first-order valence-electron chi connectivity index (χ1n) is 4.82. The lowest BCUT2D eigenvalue weighted by Crippen LogP contribution is -2.28. The third-order valence-corrected chi connectivity index (χ3v) is 2.99. The molecule has 0 saturated heterocycles. The number of aryl methyl sites for hydroxylation is 1. The summed E-state index contributed by atoms with van der Waals surface area (Å²) >= 11 is 0. The van der Waals surface area contributed by atoms with E-state index >= 15 is 0 Å². The van der Waals surface area contributed by atoms with E-state index in [-0.39, 0.29) is 12.4 Å². The maximum Gasteiger partial charge on any atom is 0.171 e. The molecule has 0 heterocycles. The van der Waals surface area contributed by atoms with Gasteiger partial charge in [-0.25, -0.2) is 0 Å². The van der Waals surface area contributed by atoms with Crippen LogP contribution in [0, 0.1) is 12.3 Å². The standard InChI is InChI=1S/C12H14O2/c1-8-3-4-9-6-12(2,7-13)11(14)10(9)5-8/h3-5,13H,6-7H2,1-2H3/t12-/m0/s1. The molecular weight excluding hydrogens is 176 g/mol. The number of benzene rings is 1. The van der Waals surface area contributed by atoms with Crippen LogP contribution >= 0.6 is 0 Å². The van der Waals surface area contributed by atoms with Gasteiger partial charge in [-0.15, -0.1) is 0 Å². The highest BCUT2D eigenvalue weighted by Gasteiger charge is 2.40. The van der Waals surface area contributed by atoms with Crippen LogP contribution in [-0.2, 0) is 6.42 Å². The summed E-state index contributed by atoms with van der Waals surface area (Å²) in [5.74, 6) is 0.0821. The molecule has 0 spiro atoms. The number of carbonyl (C=O) groups is 1. The lowest BCUT2D eigenvalue weighted by molar-refractivity contribution is 0.0722. The molecule has 0 amide bonds. The van der Waals surface area contributed by atoms with Gasteiger partial charge in [-0.05, 0) is 31.9 Å². The molecule has 1 aliphatic carbocycles. The van der Waals surface area contributed by atoms with Crippen LogP contribution < -0.4 is 0 Å². The Labute approximate surface area is 83.6 Å². The van der Waals surface area contributed by atoms with E-state index in [0.29, 0.717) is 6.42 Å². The van der Waals surface area contributed by atoms with Gasteiger partial charge in [-0.3, -0.25) is 4.79 Å². The van der Waals surface area contributed by atoms with Crippen LogP contribution in [0.15, 0.2) is 18.2 Å². The fourth-order valence-electron chi connectivity index (χ4n) is 2.01. The van der Waals surface area contributed by atoms with E-state index in [1.165, 1.54) is 0 Å². The molecule has 74 valence electrons. The minimum atomic E-state index is -0.587. The van der Waals surface area contributed by atoms with E-state index in [1.807, 2.05) is 32.0 Å². The molecule has 0 saturated carbocycles. The molecule has 0 unspecified atom stereocenters. The van der Waals surface area contributed by atoms with Crippen molar-refractivity contribution in [2.24, 2.45) is 5.41 Å². The highest BCUT2D eigenvalue weighted by Crippen LogP contribution is 2.36. The molecule has 0 bridgehead atoms. The lowest BCUT2D eigenvalue weighted by Gasteiger charge is -2.17. The SMILES string of the molecule is Cc1ccc2c(c1)C(=O)[C@](C)(CO)C2. The van der Waals surface area contributed by atoms with Crippen LogP contribution in [-0.4, -0.2) is 17.5 Å². The van der Waals surface area contributed by atoms with Crippen molar-refractivity contribution in [3.8, 4) is 0 Å². The van der Waals surface area contributed by atoms with E-state index in [4.69, 9.17) is 0 Å². The zero-order valence-electron chi connectivity index (χ0n) is 8.50. The van der Waals surface area contributed by atoms with E-state index in [1.54, 1.807) is 0 Å². The van der Waals surface area contributed by atoms with Crippen LogP contribution in [0.5, 0.6) is 0 Å². The monoisotopic (exact) mass is 190 g/mol. The molecule has 0 radical (unpaired) electrons. The highest BCUT2D eigenvalue weighted by molar-refractivity contribution is 6.04. The number of rotatable bonds is 1. The fourth-order valence-corrected chi connectivity index (χ4v) is 2.01. The molecule has 2 heteroatoms. The number of aliphatic hydroxyl groups excluding tert-OH is 1. The van der Waals surface area contributed by atoms with Gasteiger partial charge in [0.2, 0.25) is 0 Å². The second-order valence-electron chi connectivity index (χ2n) is 4.39. The number of aliphatic hydroxyl groups is 1. The summed E-state index contributed by atoms with van der Waals surface area (Å²) in [7, 11) is 0. The summed E-state index contributed by atoms with van der Waals surface area (Å²) in [5.41, 5.74) is 2.37. The Bertz CT molecular complexity index is 395. The average Bonchev–Trinajstić information content (AvgIpc) is 2.42. The molecule has 2 rings (SSSR count). The Balaban J connectivity index is 2.51. The first-order valence-corrected chi connectivity index (χ1v) is 4.82. The first kappa shape index (κ1) is 9.41. The average molecular weight is 190 g/mol. The van der Waals surface area contributed by atoms with Crippen LogP contribution in [0.3, 0.4) is 0 Å². The van der Waals surface area contributed by atoms with Crippen LogP contribution in [0.4, 0.5) is 0 Å².